The second-order valence-electron chi connectivity index (χ2n) is 9.91. The number of aromatic carboxylic acids is 1. The highest BCUT2D eigenvalue weighted by molar-refractivity contribution is 7.09. The monoisotopic (exact) mass is 647 g/mol. The van der Waals surface area contributed by atoms with Crippen molar-refractivity contribution in [2.45, 2.75) is 19.1 Å². The second-order valence-corrected chi connectivity index (χ2v) is 10.8. The van der Waals surface area contributed by atoms with E-state index in [9.17, 15) is 37.8 Å². The molecule has 4 aromatic carbocycles. The fourth-order valence-electron chi connectivity index (χ4n) is 4.35. The van der Waals surface area contributed by atoms with Gasteiger partial charge in [0, 0.05) is 29.6 Å². The zero-order valence-corrected chi connectivity index (χ0v) is 24.5. The first kappa shape index (κ1) is 31.7. The molecule has 0 aliphatic carbocycles. The molecule has 0 fully saturated rings. The highest BCUT2D eigenvalue weighted by Gasteiger charge is 2.32. The Balaban J connectivity index is 1.27. The minimum atomic E-state index is -4.68. The van der Waals surface area contributed by atoms with Crippen LogP contribution in [0.5, 0.6) is 17.2 Å². The third kappa shape index (κ3) is 7.87. The summed E-state index contributed by atoms with van der Waals surface area (Å²) in [4.78, 5) is 41.5. The lowest BCUT2D eigenvalue weighted by Crippen LogP contribution is -2.23. The SMILES string of the molecule is O=C(NCc1ccc(Oc2ccccc2)cc1)c1csc(Cc2cc(C(F)(F)F)ccc2C(=O)Nc2ccc(O)c(C(=O)O)c2)n1. The summed E-state index contributed by atoms with van der Waals surface area (Å²) in [6.07, 6.45) is -4.87. The molecule has 4 N–H and O–H groups in total. The molecule has 13 heteroatoms. The van der Waals surface area contributed by atoms with Crippen LogP contribution in [0.15, 0.2) is 96.4 Å². The number of carboxylic acid groups (broad SMARTS) is 1. The highest BCUT2D eigenvalue weighted by Crippen LogP contribution is 2.32. The van der Waals surface area contributed by atoms with Gasteiger partial charge in [-0.1, -0.05) is 30.3 Å². The van der Waals surface area contributed by atoms with Crippen LogP contribution in [0.25, 0.3) is 0 Å². The number of phenols is 1. The summed E-state index contributed by atoms with van der Waals surface area (Å²) < 4.78 is 46.4. The number of aromatic hydroxyl groups is 1. The van der Waals surface area contributed by atoms with Crippen LogP contribution in [0.4, 0.5) is 18.9 Å². The molecule has 1 heterocycles. The lowest BCUT2D eigenvalue weighted by molar-refractivity contribution is -0.137. The molecular formula is C33H24F3N3O6S. The molecular weight excluding hydrogens is 623 g/mol. The van der Waals surface area contributed by atoms with Gasteiger partial charge in [0.2, 0.25) is 0 Å². The van der Waals surface area contributed by atoms with Crippen LogP contribution in [0.3, 0.4) is 0 Å². The van der Waals surface area contributed by atoms with Crippen molar-refractivity contribution >= 4 is 34.8 Å². The Hall–Kier alpha value is -5.69. The van der Waals surface area contributed by atoms with Gasteiger partial charge in [0.25, 0.3) is 11.8 Å². The van der Waals surface area contributed by atoms with Crippen LogP contribution in [0.1, 0.15) is 52.9 Å². The number of nitrogens with one attached hydrogen (secondary N) is 2. The molecule has 46 heavy (non-hydrogen) atoms. The van der Waals surface area contributed by atoms with E-state index in [1.807, 2.05) is 30.3 Å². The van der Waals surface area contributed by atoms with E-state index >= 15 is 0 Å². The van der Waals surface area contributed by atoms with Crippen LogP contribution in [0, 0.1) is 0 Å². The number of aromatic nitrogens is 1. The van der Waals surface area contributed by atoms with Crippen LogP contribution in [-0.4, -0.2) is 33.0 Å². The lowest BCUT2D eigenvalue weighted by atomic mass is 10.00. The van der Waals surface area contributed by atoms with E-state index in [4.69, 9.17) is 4.74 Å². The number of ether oxygens (including phenoxy) is 1. The molecule has 0 saturated heterocycles. The van der Waals surface area contributed by atoms with Gasteiger partial charge in [0.15, 0.2) is 0 Å². The second kappa shape index (κ2) is 13.5. The standard InChI is InChI=1S/C33H24F3N3O6S/c34-33(35,36)21-8-12-25(30(41)38-22-9-13-28(40)26(16-22)32(43)44)20(14-21)15-29-39-27(18-46-29)31(42)37-17-19-6-10-24(11-7-19)45-23-4-2-1-3-5-23/h1-14,16,18,40H,15,17H2,(H,37,42)(H,38,41)(H,43,44). The Labute approximate surface area is 263 Å². The maximum Gasteiger partial charge on any atom is 0.416 e. The van der Waals surface area contributed by atoms with Crippen molar-refractivity contribution < 1.29 is 42.5 Å². The third-order valence-corrected chi connectivity index (χ3v) is 7.49. The van der Waals surface area contributed by atoms with Gasteiger partial charge in [0.05, 0.1) is 10.6 Å². The predicted octanol–water partition coefficient (Wildman–Crippen LogP) is 7.13. The quantitative estimate of drug-likeness (QED) is 0.118. The van der Waals surface area contributed by atoms with Crippen molar-refractivity contribution in [1.29, 1.82) is 0 Å². The largest absolute Gasteiger partial charge is 0.507 e. The van der Waals surface area contributed by atoms with Crippen molar-refractivity contribution in [2.75, 3.05) is 5.32 Å². The van der Waals surface area contributed by atoms with Gasteiger partial charge in [-0.2, -0.15) is 13.2 Å². The maximum atomic E-state index is 13.5. The fraction of sp³-hybridized carbons (Fsp3) is 0.0909. The van der Waals surface area contributed by atoms with Crippen molar-refractivity contribution in [3.05, 3.63) is 135 Å². The Morgan fingerprint density at radius 3 is 2.26 bits per heavy atom. The van der Waals surface area contributed by atoms with Crippen LogP contribution in [-0.2, 0) is 19.1 Å². The smallest absolute Gasteiger partial charge is 0.416 e. The van der Waals surface area contributed by atoms with Crippen molar-refractivity contribution in [1.82, 2.24) is 10.3 Å². The number of hydrogen-bond donors (Lipinski definition) is 4. The molecule has 9 nitrogen and oxygen atoms in total. The van der Waals surface area contributed by atoms with E-state index in [0.717, 1.165) is 47.2 Å². The summed E-state index contributed by atoms with van der Waals surface area (Å²) >= 11 is 1.05. The molecule has 0 radical (unpaired) electrons. The molecule has 1 aromatic heterocycles. The number of carbonyl (C=O) groups is 3. The van der Waals surface area contributed by atoms with E-state index in [0.29, 0.717) is 16.5 Å². The molecule has 5 rings (SSSR count). The van der Waals surface area contributed by atoms with Gasteiger partial charge >= 0.3 is 12.1 Å². The van der Waals surface area contributed by atoms with Crippen molar-refractivity contribution in [3.8, 4) is 17.2 Å². The maximum absolute atomic E-state index is 13.5. The molecule has 0 aliphatic rings. The molecule has 0 unspecified atom stereocenters. The van der Waals surface area contributed by atoms with Gasteiger partial charge in [-0.15, -0.1) is 11.3 Å². The Bertz CT molecular complexity index is 1890. The molecule has 0 aliphatic heterocycles. The third-order valence-electron chi connectivity index (χ3n) is 6.64. The minimum Gasteiger partial charge on any atom is -0.507 e. The van der Waals surface area contributed by atoms with E-state index in [1.165, 1.54) is 11.4 Å². The van der Waals surface area contributed by atoms with Crippen molar-refractivity contribution in [2.24, 2.45) is 0 Å². The van der Waals surface area contributed by atoms with Gasteiger partial charge < -0.3 is 25.6 Å². The van der Waals surface area contributed by atoms with Crippen molar-refractivity contribution in [3.63, 3.8) is 0 Å². The first-order valence-corrected chi connectivity index (χ1v) is 14.5. The number of thiazole rings is 1. The number of amides is 2. The number of carbonyl (C=O) groups excluding carboxylic acids is 2. The highest BCUT2D eigenvalue weighted by atomic mass is 32.1. The van der Waals surface area contributed by atoms with E-state index < -0.39 is 40.8 Å². The molecule has 2 amide bonds. The number of para-hydroxylation sites is 1. The number of rotatable bonds is 10. The first-order valence-electron chi connectivity index (χ1n) is 13.6. The summed E-state index contributed by atoms with van der Waals surface area (Å²) in [5, 5.41) is 25.9. The van der Waals surface area contributed by atoms with Gasteiger partial charge in [-0.05, 0) is 71.8 Å². The molecule has 5 aromatic rings. The summed E-state index contributed by atoms with van der Waals surface area (Å²) in [7, 11) is 0. The van der Waals surface area contributed by atoms with Gasteiger partial charge in [-0.3, -0.25) is 9.59 Å². The van der Waals surface area contributed by atoms with Crippen LogP contribution < -0.4 is 15.4 Å². The summed E-state index contributed by atoms with van der Waals surface area (Å²) in [6, 6.07) is 22.4. The van der Waals surface area contributed by atoms with E-state index in [1.54, 1.807) is 24.3 Å². The average molecular weight is 648 g/mol. The number of benzene rings is 4. The zero-order chi connectivity index (χ0) is 32.8. The number of nitrogens with zero attached hydrogens (tertiary/aromatic N) is 1. The average Bonchev–Trinajstić information content (AvgIpc) is 3.50. The molecule has 0 bridgehead atoms. The van der Waals surface area contributed by atoms with Crippen LogP contribution >= 0.6 is 11.3 Å². The first-order chi connectivity index (χ1) is 22.0. The lowest BCUT2D eigenvalue weighted by Gasteiger charge is -2.14. The molecule has 0 atom stereocenters. The van der Waals surface area contributed by atoms with Crippen LogP contribution in [0.2, 0.25) is 0 Å². The fourth-order valence-corrected chi connectivity index (χ4v) is 5.15. The minimum absolute atomic E-state index is 0.0105. The van der Waals surface area contributed by atoms with E-state index in [-0.39, 0.29) is 35.5 Å². The number of carboxylic acids is 1. The summed E-state index contributed by atoms with van der Waals surface area (Å²) in [6.45, 7) is 0.191. The Morgan fingerprint density at radius 2 is 1.57 bits per heavy atom. The predicted molar refractivity (Wildman–Crippen MR) is 164 cm³/mol. The number of anilines is 1. The molecule has 0 spiro atoms. The summed E-state index contributed by atoms with van der Waals surface area (Å²) in [5.41, 5.74) is -0.694. The Kier molecular flexibility index (Phi) is 9.33. The molecule has 234 valence electrons. The Morgan fingerprint density at radius 1 is 0.848 bits per heavy atom. The molecule has 0 saturated carbocycles. The number of alkyl halides is 3. The normalized spacial score (nSPS) is 11.1. The van der Waals surface area contributed by atoms with E-state index in [2.05, 4.69) is 15.6 Å². The number of hydrogen-bond acceptors (Lipinski definition) is 7. The van der Waals surface area contributed by atoms with Gasteiger partial charge in [0.1, 0.15) is 28.5 Å². The number of halogens is 3. The van der Waals surface area contributed by atoms with Gasteiger partial charge in [-0.25, -0.2) is 9.78 Å². The zero-order valence-electron chi connectivity index (χ0n) is 23.7. The topological polar surface area (TPSA) is 138 Å². The summed E-state index contributed by atoms with van der Waals surface area (Å²) in [5.74, 6) is -1.93.